The highest BCUT2D eigenvalue weighted by atomic mass is 35.5. The van der Waals surface area contributed by atoms with E-state index in [2.05, 4.69) is 10.4 Å². The third-order valence-corrected chi connectivity index (χ3v) is 3.75. The first-order valence-corrected chi connectivity index (χ1v) is 8.09. The highest BCUT2D eigenvalue weighted by Crippen LogP contribution is 2.22. The molecule has 0 aliphatic heterocycles. The zero-order chi connectivity index (χ0) is 18.8. The Morgan fingerprint density at radius 3 is 2.28 bits per heavy atom. The molecule has 2 rings (SSSR count). The fraction of sp³-hybridized carbons (Fsp3) is 0.235. The molecule has 8 heteroatoms. The molecule has 0 aliphatic rings. The number of hydrogen-bond acceptors (Lipinski definition) is 3. The van der Waals surface area contributed by atoms with E-state index in [-0.39, 0.29) is 21.4 Å². The number of benzene rings is 1. The average molecular weight is 384 g/mol. The third kappa shape index (κ3) is 4.46. The number of carbonyl (C=O) groups excluding carboxylic acids is 2. The Hall–Kier alpha value is -2.18. The number of carbonyl (C=O) groups is 2. The normalized spacial score (nSPS) is 11.1. The van der Waals surface area contributed by atoms with Crippen LogP contribution in [0, 0.1) is 5.82 Å². The van der Waals surface area contributed by atoms with Crippen LogP contribution in [-0.4, -0.2) is 27.3 Å². The summed E-state index contributed by atoms with van der Waals surface area (Å²) in [6.45, 7) is 5.14. The summed E-state index contributed by atoms with van der Waals surface area (Å²) in [6.07, 6.45) is 0. The van der Waals surface area contributed by atoms with Crippen LogP contribution in [0.25, 0.3) is 0 Å². The first-order valence-electron chi connectivity index (χ1n) is 7.33. The average Bonchev–Trinajstić information content (AvgIpc) is 2.51. The van der Waals surface area contributed by atoms with Crippen LogP contribution in [0.15, 0.2) is 36.4 Å². The Bertz CT molecular complexity index is 822. The van der Waals surface area contributed by atoms with Crippen molar-refractivity contribution in [3.63, 3.8) is 0 Å². The van der Waals surface area contributed by atoms with Crippen molar-refractivity contribution >= 4 is 35.0 Å². The number of pyridine rings is 1. The van der Waals surface area contributed by atoms with Gasteiger partial charge < -0.3 is 0 Å². The molecule has 0 bridgehead atoms. The van der Waals surface area contributed by atoms with E-state index in [0.29, 0.717) is 0 Å². The van der Waals surface area contributed by atoms with Crippen molar-refractivity contribution in [2.45, 2.75) is 26.3 Å². The fourth-order valence-corrected chi connectivity index (χ4v) is 2.45. The van der Waals surface area contributed by atoms with Gasteiger partial charge in [0.2, 0.25) is 0 Å². The molecule has 0 radical (unpaired) electrons. The van der Waals surface area contributed by atoms with Gasteiger partial charge in [-0.2, -0.15) is 0 Å². The van der Waals surface area contributed by atoms with Crippen LogP contribution in [0.1, 0.15) is 41.5 Å². The first-order chi connectivity index (χ1) is 11.6. The molecular weight excluding hydrogens is 368 g/mol. The van der Waals surface area contributed by atoms with Crippen molar-refractivity contribution in [1.82, 2.24) is 15.4 Å². The van der Waals surface area contributed by atoms with E-state index in [1.54, 1.807) is 20.8 Å². The van der Waals surface area contributed by atoms with Crippen molar-refractivity contribution in [2.75, 3.05) is 0 Å². The van der Waals surface area contributed by atoms with Crippen molar-refractivity contribution in [1.29, 1.82) is 0 Å². The second-order valence-corrected chi connectivity index (χ2v) is 6.95. The molecule has 132 valence electrons. The van der Waals surface area contributed by atoms with E-state index in [9.17, 15) is 14.0 Å². The third-order valence-electron chi connectivity index (χ3n) is 3.25. The van der Waals surface area contributed by atoms with E-state index in [1.165, 1.54) is 30.3 Å². The molecule has 0 saturated heterocycles. The standard InChI is InChI=1S/C17H16Cl2FN3O2/c1-17(2,3)23(16(25)11-8-9-13(18)21-14(11)19)22-15(24)10-6-4-5-7-12(10)20/h4-9H,1-3H3,(H,22,24). The molecule has 0 unspecified atom stereocenters. The lowest BCUT2D eigenvalue weighted by Gasteiger charge is -2.35. The molecule has 0 atom stereocenters. The van der Waals surface area contributed by atoms with E-state index in [1.807, 2.05) is 0 Å². The molecule has 2 aromatic rings. The Morgan fingerprint density at radius 1 is 1.08 bits per heavy atom. The smallest absolute Gasteiger partial charge is 0.267 e. The van der Waals surface area contributed by atoms with Crippen LogP contribution < -0.4 is 5.43 Å². The summed E-state index contributed by atoms with van der Waals surface area (Å²) in [7, 11) is 0. The highest BCUT2D eigenvalue weighted by molar-refractivity contribution is 6.34. The van der Waals surface area contributed by atoms with Gasteiger partial charge in [-0.3, -0.25) is 15.0 Å². The summed E-state index contributed by atoms with van der Waals surface area (Å²) in [5.41, 5.74) is 1.52. The van der Waals surface area contributed by atoms with Crippen LogP contribution in [0.2, 0.25) is 10.3 Å². The molecule has 0 aliphatic carbocycles. The number of hydrogen-bond donors (Lipinski definition) is 1. The molecule has 1 aromatic heterocycles. The second kappa shape index (κ2) is 7.37. The van der Waals surface area contributed by atoms with Crippen LogP contribution >= 0.6 is 23.2 Å². The second-order valence-electron chi connectivity index (χ2n) is 6.20. The van der Waals surface area contributed by atoms with Crippen LogP contribution in [0.4, 0.5) is 4.39 Å². The van der Waals surface area contributed by atoms with E-state index in [4.69, 9.17) is 23.2 Å². The molecule has 0 fully saturated rings. The van der Waals surface area contributed by atoms with Crippen LogP contribution in [-0.2, 0) is 0 Å². The summed E-state index contributed by atoms with van der Waals surface area (Å²) in [5.74, 6) is -2.03. The van der Waals surface area contributed by atoms with Gasteiger partial charge >= 0.3 is 0 Å². The van der Waals surface area contributed by atoms with Crippen molar-refractivity contribution in [3.05, 3.63) is 63.6 Å². The van der Waals surface area contributed by atoms with Gasteiger partial charge in [0.25, 0.3) is 11.8 Å². The molecule has 25 heavy (non-hydrogen) atoms. The number of nitrogens with zero attached hydrogens (tertiary/aromatic N) is 2. The number of nitrogens with one attached hydrogen (secondary N) is 1. The zero-order valence-corrected chi connectivity index (χ0v) is 15.3. The summed E-state index contributed by atoms with van der Waals surface area (Å²) < 4.78 is 13.8. The summed E-state index contributed by atoms with van der Waals surface area (Å²) >= 11 is 11.7. The predicted octanol–water partition coefficient (Wildman–Crippen LogP) is 4.11. The van der Waals surface area contributed by atoms with Gasteiger partial charge in [-0.05, 0) is 45.0 Å². The van der Waals surface area contributed by atoms with Gasteiger partial charge in [-0.1, -0.05) is 35.3 Å². The maximum absolute atomic E-state index is 13.8. The van der Waals surface area contributed by atoms with Gasteiger partial charge in [0, 0.05) is 0 Å². The lowest BCUT2D eigenvalue weighted by Crippen LogP contribution is -2.56. The predicted molar refractivity (Wildman–Crippen MR) is 94.0 cm³/mol. The van der Waals surface area contributed by atoms with Gasteiger partial charge in [-0.15, -0.1) is 0 Å². The molecule has 0 saturated carbocycles. The van der Waals surface area contributed by atoms with Gasteiger partial charge in [-0.25, -0.2) is 14.4 Å². The molecule has 1 heterocycles. The molecule has 0 spiro atoms. The topological polar surface area (TPSA) is 62.3 Å². The summed E-state index contributed by atoms with van der Waals surface area (Å²) in [4.78, 5) is 29.0. The number of aromatic nitrogens is 1. The Labute approximate surface area is 154 Å². The number of rotatable bonds is 2. The Balaban J connectivity index is 2.35. The largest absolute Gasteiger partial charge is 0.275 e. The molecule has 2 amide bonds. The van der Waals surface area contributed by atoms with E-state index < -0.39 is 23.2 Å². The number of hydrazine groups is 1. The quantitative estimate of drug-likeness (QED) is 0.626. The first kappa shape index (κ1) is 19.1. The van der Waals surface area contributed by atoms with E-state index >= 15 is 0 Å². The van der Waals surface area contributed by atoms with Crippen LogP contribution in [0.5, 0.6) is 0 Å². The maximum atomic E-state index is 13.8. The summed E-state index contributed by atoms with van der Waals surface area (Å²) in [5, 5.41) is 1.13. The fourth-order valence-electron chi connectivity index (χ4n) is 2.02. The lowest BCUT2D eigenvalue weighted by molar-refractivity contribution is 0.0357. The molecule has 1 N–H and O–H groups in total. The Morgan fingerprint density at radius 2 is 1.72 bits per heavy atom. The van der Waals surface area contributed by atoms with Crippen molar-refractivity contribution < 1.29 is 14.0 Å². The molecule has 1 aromatic carbocycles. The Kier molecular flexibility index (Phi) is 5.65. The minimum Gasteiger partial charge on any atom is -0.267 e. The zero-order valence-electron chi connectivity index (χ0n) is 13.8. The van der Waals surface area contributed by atoms with Gasteiger partial charge in [0.1, 0.15) is 16.1 Å². The van der Waals surface area contributed by atoms with Crippen molar-refractivity contribution in [2.24, 2.45) is 0 Å². The minimum absolute atomic E-state index is 0.0647. The SMILES string of the molecule is CC(C)(C)N(NC(=O)c1ccccc1F)C(=O)c1ccc(Cl)nc1Cl. The van der Waals surface area contributed by atoms with E-state index in [0.717, 1.165) is 11.1 Å². The maximum Gasteiger partial charge on any atom is 0.275 e. The van der Waals surface area contributed by atoms with Crippen LogP contribution in [0.3, 0.4) is 0 Å². The molecule has 5 nitrogen and oxygen atoms in total. The van der Waals surface area contributed by atoms with Gasteiger partial charge in [0.15, 0.2) is 0 Å². The number of amides is 2. The molecular formula is C17H16Cl2FN3O2. The van der Waals surface area contributed by atoms with Gasteiger partial charge in [0.05, 0.1) is 16.7 Å². The van der Waals surface area contributed by atoms with Crippen molar-refractivity contribution in [3.8, 4) is 0 Å². The summed E-state index contributed by atoms with van der Waals surface area (Å²) in [6, 6.07) is 8.32. The lowest BCUT2D eigenvalue weighted by atomic mass is 10.1. The highest BCUT2D eigenvalue weighted by Gasteiger charge is 2.31. The minimum atomic E-state index is -0.805. The monoisotopic (exact) mass is 383 g/mol. The number of halogens is 3.